The van der Waals surface area contributed by atoms with E-state index in [1.165, 1.54) is 0 Å². The van der Waals surface area contributed by atoms with E-state index in [0.29, 0.717) is 6.54 Å². The van der Waals surface area contributed by atoms with Gasteiger partial charge in [-0.15, -0.1) is 0 Å². The molecule has 0 aliphatic carbocycles. The average molecular weight is 202 g/mol. The molecule has 78 valence electrons. The van der Waals surface area contributed by atoms with Crippen LogP contribution < -0.4 is 5.73 Å². The molecule has 0 aliphatic heterocycles. The second-order valence-corrected chi connectivity index (χ2v) is 3.53. The standard InChI is InChI=1S/C11H14N4/c1-8-7-15(9(2)14-8)11-5-10(6-12)3-4-13-11/h3-5,7H,6,12H2,1-2H3. The summed E-state index contributed by atoms with van der Waals surface area (Å²) in [6.07, 6.45) is 3.74. The third-order valence-electron chi connectivity index (χ3n) is 2.30. The van der Waals surface area contributed by atoms with Gasteiger partial charge in [0.05, 0.1) is 5.69 Å². The predicted octanol–water partition coefficient (Wildman–Crippen LogP) is 1.34. The highest BCUT2D eigenvalue weighted by atomic mass is 15.1. The maximum Gasteiger partial charge on any atom is 0.138 e. The van der Waals surface area contributed by atoms with E-state index >= 15 is 0 Å². The van der Waals surface area contributed by atoms with E-state index in [1.54, 1.807) is 6.20 Å². The van der Waals surface area contributed by atoms with Crippen LogP contribution in [0.4, 0.5) is 0 Å². The molecular formula is C11H14N4. The highest BCUT2D eigenvalue weighted by molar-refractivity contribution is 5.30. The number of rotatable bonds is 2. The Kier molecular flexibility index (Phi) is 2.51. The fraction of sp³-hybridized carbons (Fsp3) is 0.273. The van der Waals surface area contributed by atoms with Crippen molar-refractivity contribution in [2.45, 2.75) is 20.4 Å². The molecule has 0 saturated carbocycles. The molecule has 0 saturated heterocycles. The first kappa shape index (κ1) is 9.86. The third-order valence-corrected chi connectivity index (χ3v) is 2.30. The predicted molar refractivity (Wildman–Crippen MR) is 58.7 cm³/mol. The van der Waals surface area contributed by atoms with Crippen LogP contribution in [-0.2, 0) is 6.54 Å². The molecule has 2 aromatic heterocycles. The second kappa shape index (κ2) is 3.82. The molecule has 2 heterocycles. The highest BCUT2D eigenvalue weighted by Gasteiger charge is 2.04. The van der Waals surface area contributed by atoms with Crippen molar-refractivity contribution in [1.82, 2.24) is 14.5 Å². The molecule has 2 rings (SSSR count). The van der Waals surface area contributed by atoms with Gasteiger partial charge in [0.2, 0.25) is 0 Å². The van der Waals surface area contributed by atoms with Crippen LogP contribution in [0, 0.1) is 13.8 Å². The molecule has 0 aliphatic rings. The fourth-order valence-electron chi connectivity index (χ4n) is 1.57. The second-order valence-electron chi connectivity index (χ2n) is 3.53. The van der Waals surface area contributed by atoms with Crippen LogP contribution >= 0.6 is 0 Å². The minimum atomic E-state index is 0.530. The lowest BCUT2D eigenvalue weighted by Crippen LogP contribution is -2.02. The average Bonchev–Trinajstić information content (AvgIpc) is 2.58. The zero-order valence-corrected chi connectivity index (χ0v) is 8.94. The zero-order valence-electron chi connectivity index (χ0n) is 8.94. The highest BCUT2D eigenvalue weighted by Crippen LogP contribution is 2.10. The van der Waals surface area contributed by atoms with Gasteiger partial charge in [0.25, 0.3) is 0 Å². The molecule has 0 amide bonds. The lowest BCUT2D eigenvalue weighted by molar-refractivity contribution is 0.921. The van der Waals surface area contributed by atoms with Crippen molar-refractivity contribution in [3.8, 4) is 5.82 Å². The van der Waals surface area contributed by atoms with Gasteiger partial charge in [-0.3, -0.25) is 4.57 Å². The van der Waals surface area contributed by atoms with E-state index in [2.05, 4.69) is 9.97 Å². The van der Waals surface area contributed by atoms with Gasteiger partial charge in [-0.25, -0.2) is 9.97 Å². The molecule has 4 heteroatoms. The first-order valence-electron chi connectivity index (χ1n) is 4.88. The smallest absolute Gasteiger partial charge is 0.138 e. The number of aromatic nitrogens is 3. The molecule has 4 nitrogen and oxygen atoms in total. The van der Waals surface area contributed by atoms with Crippen molar-refractivity contribution < 1.29 is 0 Å². The quantitative estimate of drug-likeness (QED) is 0.799. The van der Waals surface area contributed by atoms with E-state index in [1.807, 2.05) is 36.7 Å². The first-order chi connectivity index (χ1) is 7.20. The molecule has 0 unspecified atom stereocenters. The van der Waals surface area contributed by atoms with Gasteiger partial charge in [-0.05, 0) is 31.5 Å². The lowest BCUT2D eigenvalue weighted by Gasteiger charge is -2.04. The third kappa shape index (κ3) is 1.89. The van der Waals surface area contributed by atoms with Crippen molar-refractivity contribution in [2.75, 3.05) is 0 Å². The Hall–Kier alpha value is -1.68. The SMILES string of the molecule is Cc1cn(-c2cc(CN)ccn2)c(C)n1. The molecule has 0 spiro atoms. The molecule has 0 radical (unpaired) electrons. The fourth-order valence-corrected chi connectivity index (χ4v) is 1.57. The summed E-state index contributed by atoms with van der Waals surface area (Å²) in [5.41, 5.74) is 7.66. The van der Waals surface area contributed by atoms with Crippen LogP contribution in [0.5, 0.6) is 0 Å². The molecule has 0 aromatic carbocycles. The topological polar surface area (TPSA) is 56.7 Å². The molecule has 0 bridgehead atoms. The number of pyridine rings is 1. The molecule has 2 aromatic rings. The van der Waals surface area contributed by atoms with Gasteiger partial charge < -0.3 is 5.73 Å². The minimum absolute atomic E-state index is 0.530. The number of nitrogens with two attached hydrogens (primary N) is 1. The van der Waals surface area contributed by atoms with Crippen LogP contribution in [-0.4, -0.2) is 14.5 Å². The van der Waals surface area contributed by atoms with Crippen molar-refractivity contribution in [3.63, 3.8) is 0 Å². The van der Waals surface area contributed by atoms with Crippen LogP contribution in [0.15, 0.2) is 24.5 Å². The lowest BCUT2D eigenvalue weighted by atomic mass is 10.2. The van der Waals surface area contributed by atoms with Gasteiger partial charge in [-0.2, -0.15) is 0 Å². The molecule has 2 N–H and O–H groups in total. The number of hydrogen-bond donors (Lipinski definition) is 1. The Morgan fingerprint density at radius 1 is 1.40 bits per heavy atom. The number of aryl methyl sites for hydroxylation is 2. The van der Waals surface area contributed by atoms with E-state index < -0.39 is 0 Å². The Morgan fingerprint density at radius 2 is 2.20 bits per heavy atom. The maximum absolute atomic E-state index is 5.59. The van der Waals surface area contributed by atoms with E-state index in [0.717, 1.165) is 22.9 Å². The molecular weight excluding hydrogens is 188 g/mol. The van der Waals surface area contributed by atoms with Gasteiger partial charge in [0, 0.05) is 18.9 Å². The normalized spacial score (nSPS) is 10.6. The van der Waals surface area contributed by atoms with Gasteiger partial charge in [-0.1, -0.05) is 0 Å². The van der Waals surface area contributed by atoms with E-state index in [4.69, 9.17) is 5.73 Å². The first-order valence-corrected chi connectivity index (χ1v) is 4.88. The summed E-state index contributed by atoms with van der Waals surface area (Å²) in [7, 11) is 0. The van der Waals surface area contributed by atoms with Crippen LogP contribution in [0.1, 0.15) is 17.1 Å². The summed E-state index contributed by atoms with van der Waals surface area (Å²) in [4.78, 5) is 8.63. The van der Waals surface area contributed by atoms with Crippen LogP contribution in [0.3, 0.4) is 0 Å². The van der Waals surface area contributed by atoms with Crippen molar-refractivity contribution >= 4 is 0 Å². The van der Waals surface area contributed by atoms with Crippen molar-refractivity contribution in [2.24, 2.45) is 5.73 Å². The number of imidazole rings is 1. The molecule has 0 fully saturated rings. The van der Waals surface area contributed by atoms with E-state index in [9.17, 15) is 0 Å². The van der Waals surface area contributed by atoms with Gasteiger partial charge in [0.15, 0.2) is 0 Å². The number of hydrogen-bond acceptors (Lipinski definition) is 3. The molecule has 15 heavy (non-hydrogen) atoms. The molecule has 0 atom stereocenters. The van der Waals surface area contributed by atoms with E-state index in [-0.39, 0.29) is 0 Å². The summed E-state index contributed by atoms with van der Waals surface area (Å²) in [6.45, 7) is 4.46. The number of nitrogens with zero attached hydrogens (tertiary/aromatic N) is 3. The van der Waals surface area contributed by atoms with Crippen molar-refractivity contribution in [1.29, 1.82) is 0 Å². The largest absolute Gasteiger partial charge is 0.326 e. The summed E-state index contributed by atoms with van der Waals surface area (Å²) in [5, 5.41) is 0. The van der Waals surface area contributed by atoms with Crippen molar-refractivity contribution in [3.05, 3.63) is 41.6 Å². The summed E-state index contributed by atoms with van der Waals surface area (Å²) >= 11 is 0. The Labute approximate surface area is 88.8 Å². The zero-order chi connectivity index (χ0) is 10.8. The van der Waals surface area contributed by atoms with Gasteiger partial charge >= 0.3 is 0 Å². The maximum atomic E-state index is 5.59. The van der Waals surface area contributed by atoms with Crippen LogP contribution in [0.25, 0.3) is 5.82 Å². The Bertz CT molecular complexity index is 473. The van der Waals surface area contributed by atoms with Gasteiger partial charge in [0.1, 0.15) is 11.6 Å². The summed E-state index contributed by atoms with van der Waals surface area (Å²) in [5.74, 6) is 1.81. The summed E-state index contributed by atoms with van der Waals surface area (Å²) in [6, 6.07) is 3.90. The van der Waals surface area contributed by atoms with Crippen LogP contribution in [0.2, 0.25) is 0 Å². The Balaban J connectivity index is 2.49. The summed E-state index contributed by atoms with van der Waals surface area (Å²) < 4.78 is 1.97. The minimum Gasteiger partial charge on any atom is -0.326 e. The Morgan fingerprint density at radius 3 is 2.80 bits per heavy atom. The monoisotopic (exact) mass is 202 g/mol.